The summed E-state index contributed by atoms with van der Waals surface area (Å²) in [6.07, 6.45) is 10.9. The maximum atomic E-state index is 14.7. The lowest BCUT2D eigenvalue weighted by Crippen LogP contribution is -2.79. The number of ether oxygens (including phenoxy) is 1. The highest BCUT2D eigenvalue weighted by Gasteiger charge is 2.41. The Morgan fingerprint density at radius 3 is 2.23 bits per heavy atom. The minimum Gasteiger partial charge on any atom is -0.481 e. The Labute approximate surface area is 494 Å². The van der Waals surface area contributed by atoms with Crippen molar-refractivity contribution in [3.63, 3.8) is 0 Å². The van der Waals surface area contributed by atoms with Gasteiger partial charge in [0.05, 0.1) is 36.0 Å². The quantitative estimate of drug-likeness (QED) is 0.0299. The fourth-order valence-corrected chi connectivity index (χ4v) is 13.5. The predicted octanol–water partition coefficient (Wildman–Crippen LogP) is 8.98. The molecule has 0 spiro atoms. The fraction of sp³-hybridized carbons (Fsp3) is 0.297. The summed E-state index contributed by atoms with van der Waals surface area (Å²) in [6.45, 7) is 11.2. The van der Waals surface area contributed by atoms with Gasteiger partial charge in [-0.2, -0.15) is 0 Å². The number of fused-ring (bicyclic) bond motifs is 4. The highest BCUT2D eigenvalue weighted by molar-refractivity contribution is 8.30. The molecule has 4 heterocycles. The number of thioether (sulfide) groups is 1. The summed E-state index contributed by atoms with van der Waals surface area (Å²) in [5.74, 6) is -2.49. The van der Waals surface area contributed by atoms with Crippen molar-refractivity contribution in [3.8, 4) is 5.75 Å². The van der Waals surface area contributed by atoms with Gasteiger partial charge < -0.3 is 40.5 Å². The van der Waals surface area contributed by atoms with Gasteiger partial charge in [0.1, 0.15) is 26.1 Å². The van der Waals surface area contributed by atoms with Crippen LogP contribution in [0, 0.1) is 5.92 Å². The Kier molecular flexibility index (Phi) is 18.3. The number of para-hydroxylation sites is 2. The second-order valence-corrected chi connectivity index (χ2v) is 24.7. The van der Waals surface area contributed by atoms with E-state index in [1.54, 1.807) is 18.2 Å². The molecule has 1 saturated heterocycles. The number of carbonyl (C=O) groups is 5. The van der Waals surface area contributed by atoms with Crippen LogP contribution in [0.3, 0.4) is 0 Å². The first-order valence-electron chi connectivity index (χ1n) is 27.6. The number of carboxylic acids is 3. The zero-order valence-electron chi connectivity index (χ0n) is 46.9. The van der Waals surface area contributed by atoms with Crippen molar-refractivity contribution in [1.82, 2.24) is 9.47 Å². The molecule has 1 aromatic heterocycles. The average Bonchev–Trinajstić information content (AvgIpc) is 2.26. The number of thiazole rings is 1. The molecule has 16 nitrogen and oxygen atoms in total. The Morgan fingerprint density at radius 2 is 1.49 bits per heavy atom. The number of hydrogen-bond donors (Lipinski definition) is 5. The molecular weight excluding hydrogens is 1110 g/mol. The van der Waals surface area contributed by atoms with Crippen LogP contribution >= 0.6 is 35.3 Å². The summed E-state index contributed by atoms with van der Waals surface area (Å²) in [5.41, 5.74) is 5.33. The summed E-state index contributed by atoms with van der Waals surface area (Å²) in [5, 5.41) is 36.1. The Bertz CT molecular complexity index is 3830. The van der Waals surface area contributed by atoms with Crippen LogP contribution in [-0.2, 0) is 47.8 Å². The minimum absolute atomic E-state index is 0.0545. The number of benzene rings is 5. The van der Waals surface area contributed by atoms with Gasteiger partial charge in [0.2, 0.25) is 11.8 Å². The smallest absolute Gasteiger partial charge is 0.309 e. The number of allylic oxidation sites excluding steroid dienone is 5. The lowest BCUT2D eigenvalue weighted by molar-refractivity contribution is -0.571. The summed E-state index contributed by atoms with van der Waals surface area (Å²) in [4.78, 5) is 84.1. The molecule has 6 aromatic rings. The number of hydrogen-bond acceptors (Lipinski definition) is 12. The zero-order valence-corrected chi connectivity index (χ0v) is 49.4. The van der Waals surface area contributed by atoms with Gasteiger partial charge in [-0.1, -0.05) is 144 Å². The molecule has 430 valence electrons. The van der Waals surface area contributed by atoms with E-state index in [0.717, 1.165) is 79.7 Å². The molecule has 6 N–H and O–H groups in total. The van der Waals surface area contributed by atoms with Crippen LogP contribution in [0.2, 0.25) is 0 Å². The zero-order chi connectivity index (χ0) is 59.2. The summed E-state index contributed by atoms with van der Waals surface area (Å²) in [6, 6.07) is 35.5. The van der Waals surface area contributed by atoms with Gasteiger partial charge in [-0.3, -0.25) is 38.2 Å². The first-order valence-corrected chi connectivity index (χ1v) is 29.6. The van der Waals surface area contributed by atoms with Crippen LogP contribution in [0.25, 0.3) is 21.8 Å². The summed E-state index contributed by atoms with van der Waals surface area (Å²) < 4.78 is 8.05. The minimum atomic E-state index is -1.11. The van der Waals surface area contributed by atoms with E-state index in [1.165, 1.54) is 9.47 Å². The van der Waals surface area contributed by atoms with Crippen molar-refractivity contribution < 1.29 is 49.3 Å². The standard InChI is InChI=1S/C64H66N6O10S3/c1-40(2)29-34-68-47-19-11-12-20-49(47)80-53(68)27-26-50-59(78)70(61(82-50)58-60(79)69(62(81)83-58)36-31-56(76)77)39-52(71)66-43-23-24-46(65-33-28-54(72)73)45(37-43)64(5,38-41-15-7-6-8-16-41)32-14-13-21-51-63(3,4)57-44-18-10-9-17-42(44)22-25-48(57)67(51)35-30-55(74)75/h6-27,37,40,65H,28-36,38-39H2,1-5H3,(H,66,71)(H,72,73)(H,74,75)(H,76,77)/p+1. The Balaban J connectivity index is 1.07. The van der Waals surface area contributed by atoms with Gasteiger partial charge in [-0.25, -0.2) is 0 Å². The molecule has 1 atom stereocenters. The van der Waals surface area contributed by atoms with E-state index in [-0.39, 0.29) is 57.3 Å². The number of anilines is 3. The largest absolute Gasteiger partial charge is 0.481 e. The first kappa shape index (κ1) is 59.5. The van der Waals surface area contributed by atoms with Gasteiger partial charge in [0.15, 0.2) is 5.75 Å². The third kappa shape index (κ3) is 13.4. The first-order chi connectivity index (χ1) is 39.7. The fourth-order valence-electron chi connectivity index (χ4n) is 11.0. The lowest BCUT2D eigenvalue weighted by atomic mass is 9.73. The van der Waals surface area contributed by atoms with Crippen molar-refractivity contribution in [1.29, 1.82) is 0 Å². The lowest BCUT2D eigenvalue weighted by Gasteiger charge is -2.31. The number of nitrogens with two attached hydrogens (primary N) is 1. The molecule has 19 heteroatoms. The molecule has 1 fully saturated rings. The van der Waals surface area contributed by atoms with Crippen LogP contribution in [-0.4, -0.2) is 85.0 Å². The molecule has 3 aliphatic rings. The summed E-state index contributed by atoms with van der Waals surface area (Å²) in [7, 11) is 0. The van der Waals surface area contributed by atoms with E-state index >= 15 is 0 Å². The van der Waals surface area contributed by atoms with Crippen LogP contribution in [0.4, 0.5) is 22.7 Å². The van der Waals surface area contributed by atoms with E-state index in [2.05, 4.69) is 98.3 Å². The van der Waals surface area contributed by atoms with E-state index in [9.17, 15) is 44.1 Å². The second-order valence-electron chi connectivity index (χ2n) is 22.0. The van der Waals surface area contributed by atoms with E-state index < -0.39 is 52.7 Å². The topological polar surface area (TPSA) is 216 Å². The van der Waals surface area contributed by atoms with E-state index in [4.69, 9.17) is 17.0 Å². The second kappa shape index (κ2) is 25.6. The van der Waals surface area contributed by atoms with Gasteiger partial charge in [0.25, 0.3) is 11.5 Å². The van der Waals surface area contributed by atoms with Crippen LogP contribution in [0.15, 0.2) is 150 Å². The number of nitrogens with one attached hydrogen (secondary N) is 1. The van der Waals surface area contributed by atoms with Crippen LogP contribution < -0.4 is 39.9 Å². The number of rotatable bonds is 23. The molecular formula is C64H67N6O10S3+. The number of nitrogens with zero attached hydrogens (tertiary/aromatic N) is 4. The maximum Gasteiger partial charge on any atom is 0.309 e. The van der Waals surface area contributed by atoms with Crippen LogP contribution in [0.5, 0.6) is 5.75 Å². The third-order valence-electron chi connectivity index (χ3n) is 15.2. The number of aromatic nitrogens is 1. The number of aliphatic carboxylic acids is 3. The number of amides is 2. The van der Waals surface area contributed by atoms with Crippen molar-refractivity contribution in [2.45, 2.75) is 90.5 Å². The van der Waals surface area contributed by atoms with Crippen molar-refractivity contribution in [3.05, 3.63) is 181 Å². The van der Waals surface area contributed by atoms with Gasteiger partial charge >= 0.3 is 17.9 Å². The van der Waals surface area contributed by atoms with Gasteiger partial charge in [-0.15, -0.1) is 11.3 Å². The molecule has 83 heavy (non-hydrogen) atoms. The predicted molar refractivity (Wildman–Crippen MR) is 331 cm³/mol. The Hall–Kier alpha value is -8.10. The molecule has 0 saturated carbocycles. The highest BCUT2D eigenvalue weighted by atomic mass is 32.2. The van der Waals surface area contributed by atoms with Crippen molar-refractivity contribution in [2.75, 3.05) is 41.3 Å². The third-order valence-corrected chi connectivity index (χ3v) is 17.9. The molecule has 0 bridgehead atoms. The van der Waals surface area contributed by atoms with Crippen LogP contribution in [0.1, 0.15) is 83.4 Å². The van der Waals surface area contributed by atoms with E-state index in [0.29, 0.717) is 42.6 Å². The number of carbonyl (C=O) groups excluding carboxylic acids is 2. The normalized spacial score (nSPS) is 17.3. The molecule has 5 aromatic carbocycles. The number of quaternary nitrogens is 1. The monoisotopic (exact) mass is 1180 g/mol. The molecule has 9 rings (SSSR count). The maximum absolute atomic E-state index is 14.7. The summed E-state index contributed by atoms with van der Waals surface area (Å²) >= 11 is 7.53. The molecule has 1 unspecified atom stereocenters. The van der Waals surface area contributed by atoms with Gasteiger partial charge in [0, 0.05) is 65.2 Å². The SMILES string of the molecule is CC(C)CCN1C(=CC=c2sc(=C3SC(=S)N(CCC(=O)O)C3=O)n(CC(=O)Nc3ccc([NH2+]CCC(=O)O)c(C(C)(CC=CC=C4N(CCC(=O)O)c5ccc6ccccc6c5C4(C)C)Cc4ccccc4)c3)c2=O)Oc2ccccc21. The molecule has 2 amide bonds. The Morgan fingerprint density at radius 1 is 0.795 bits per heavy atom. The van der Waals surface area contributed by atoms with Crippen molar-refractivity contribution >= 4 is 114 Å². The number of carboxylic acid groups (broad SMARTS) is 3. The van der Waals surface area contributed by atoms with E-state index in [1.807, 2.05) is 78.1 Å². The average molecular weight is 1180 g/mol. The molecule has 0 aliphatic carbocycles. The molecule has 3 aliphatic heterocycles. The highest BCUT2D eigenvalue weighted by Crippen LogP contribution is 2.51. The van der Waals surface area contributed by atoms with Crippen molar-refractivity contribution in [2.24, 2.45) is 5.92 Å². The number of thiocarbonyl (C=S) groups is 1. The van der Waals surface area contributed by atoms with Gasteiger partial charge in [-0.05, 0) is 89.6 Å². The molecule has 0 radical (unpaired) electrons.